The van der Waals surface area contributed by atoms with E-state index >= 15 is 0 Å². The number of rotatable bonds is 3. The molecule has 2 rings (SSSR count). The summed E-state index contributed by atoms with van der Waals surface area (Å²) in [7, 11) is 0. The highest BCUT2D eigenvalue weighted by Crippen LogP contribution is 2.25. The molecule has 0 aliphatic rings. The number of nitrogens with zero attached hydrogens (tertiary/aromatic N) is 1. The molecule has 0 radical (unpaired) electrons. The second-order valence-electron chi connectivity index (χ2n) is 4.47. The Labute approximate surface area is 136 Å². The Balaban J connectivity index is 2.36. The monoisotopic (exact) mass is 395 g/mol. The quantitative estimate of drug-likeness (QED) is 0.556. The maximum Gasteiger partial charge on any atom is 0.184 e. The van der Waals surface area contributed by atoms with Crippen molar-refractivity contribution >= 4 is 40.0 Å². The van der Waals surface area contributed by atoms with E-state index in [1.807, 2.05) is 31.2 Å². The first-order chi connectivity index (χ1) is 9.52. The van der Waals surface area contributed by atoms with Crippen molar-refractivity contribution in [3.05, 3.63) is 67.7 Å². The molecule has 0 aliphatic heterocycles. The number of nitriles is 1. The first kappa shape index (κ1) is 15.0. The molecule has 4 heteroatoms. The molecule has 0 amide bonds. The number of halogens is 2. The first-order valence-electron chi connectivity index (χ1n) is 5.98. The minimum atomic E-state index is -0.799. The molecule has 0 heterocycles. The van der Waals surface area contributed by atoms with Crippen LogP contribution in [0.2, 0.25) is 5.02 Å². The van der Waals surface area contributed by atoms with Gasteiger partial charge in [-0.2, -0.15) is 5.26 Å². The van der Waals surface area contributed by atoms with Gasteiger partial charge in [-0.15, -0.1) is 0 Å². The van der Waals surface area contributed by atoms with Crippen LogP contribution in [0.25, 0.3) is 0 Å². The predicted octanol–water partition coefficient (Wildman–Crippen LogP) is 4.74. The van der Waals surface area contributed by atoms with E-state index in [0.717, 1.165) is 9.13 Å². The van der Waals surface area contributed by atoms with Crippen LogP contribution in [0.15, 0.2) is 42.5 Å². The van der Waals surface area contributed by atoms with Crippen molar-refractivity contribution in [1.29, 1.82) is 5.26 Å². The van der Waals surface area contributed by atoms with Crippen molar-refractivity contribution in [2.24, 2.45) is 0 Å². The van der Waals surface area contributed by atoms with Gasteiger partial charge < -0.3 is 0 Å². The van der Waals surface area contributed by atoms with Gasteiger partial charge in [-0.1, -0.05) is 47.5 Å². The van der Waals surface area contributed by atoms with Crippen LogP contribution >= 0.6 is 34.2 Å². The number of hydrogen-bond acceptors (Lipinski definition) is 2. The number of carbonyl (C=O) groups excluding carboxylic acids is 1. The topological polar surface area (TPSA) is 40.9 Å². The van der Waals surface area contributed by atoms with Gasteiger partial charge in [0.2, 0.25) is 0 Å². The van der Waals surface area contributed by atoms with E-state index in [1.54, 1.807) is 18.2 Å². The summed E-state index contributed by atoms with van der Waals surface area (Å²) >= 11 is 8.13. The minimum absolute atomic E-state index is 0.227. The van der Waals surface area contributed by atoms with E-state index in [0.29, 0.717) is 16.1 Å². The van der Waals surface area contributed by atoms with E-state index < -0.39 is 5.92 Å². The third-order valence-corrected chi connectivity index (χ3v) is 4.58. The molecular formula is C16H11ClINO. The summed E-state index contributed by atoms with van der Waals surface area (Å²) in [5, 5.41) is 9.82. The van der Waals surface area contributed by atoms with Crippen molar-refractivity contribution in [2.45, 2.75) is 12.8 Å². The fourth-order valence-electron chi connectivity index (χ4n) is 1.86. The number of Topliss-reactive ketones (excluding diaryl/α,β-unsaturated/α-hetero) is 1. The lowest BCUT2D eigenvalue weighted by Crippen LogP contribution is -2.11. The minimum Gasteiger partial charge on any atom is -0.292 e. The molecule has 2 nitrogen and oxygen atoms in total. The van der Waals surface area contributed by atoms with Gasteiger partial charge in [-0.05, 0) is 47.2 Å². The lowest BCUT2D eigenvalue weighted by molar-refractivity contribution is 0.0979. The molecule has 1 unspecified atom stereocenters. The largest absolute Gasteiger partial charge is 0.292 e. The van der Waals surface area contributed by atoms with Crippen LogP contribution in [0, 0.1) is 21.8 Å². The lowest BCUT2D eigenvalue weighted by atomic mass is 9.91. The van der Waals surface area contributed by atoms with Crippen LogP contribution in [-0.2, 0) is 0 Å². The molecule has 1 atom stereocenters. The highest BCUT2D eigenvalue weighted by Gasteiger charge is 2.22. The zero-order valence-electron chi connectivity index (χ0n) is 10.7. The smallest absolute Gasteiger partial charge is 0.184 e. The van der Waals surface area contributed by atoms with Crippen molar-refractivity contribution in [3.8, 4) is 6.07 Å². The molecule has 2 aromatic rings. The standard InChI is InChI=1S/C16H11ClINO/c1-10-2-4-11(5-3-10)13(9-19)16(20)12-6-7-15(18)14(17)8-12/h2-8,13H,1H3. The molecule has 0 spiro atoms. The number of carbonyl (C=O) groups is 1. The Bertz CT molecular complexity index is 689. The summed E-state index contributed by atoms with van der Waals surface area (Å²) in [5.74, 6) is -1.03. The summed E-state index contributed by atoms with van der Waals surface area (Å²) < 4.78 is 0.879. The van der Waals surface area contributed by atoms with E-state index in [4.69, 9.17) is 11.6 Å². The third-order valence-electron chi connectivity index (χ3n) is 3.01. The molecule has 0 saturated heterocycles. The van der Waals surface area contributed by atoms with Gasteiger partial charge in [0.25, 0.3) is 0 Å². The summed E-state index contributed by atoms with van der Waals surface area (Å²) in [5.41, 5.74) is 2.26. The van der Waals surface area contributed by atoms with Gasteiger partial charge in [0, 0.05) is 9.13 Å². The molecule has 20 heavy (non-hydrogen) atoms. The van der Waals surface area contributed by atoms with E-state index in [2.05, 4.69) is 28.7 Å². The fraction of sp³-hybridized carbons (Fsp3) is 0.125. The summed E-state index contributed by atoms with van der Waals surface area (Å²) in [6.07, 6.45) is 0. The van der Waals surface area contributed by atoms with Crippen molar-refractivity contribution < 1.29 is 4.79 Å². The second-order valence-corrected chi connectivity index (χ2v) is 6.04. The van der Waals surface area contributed by atoms with Gasteiger partial charge >= 0.3 is 0 Å². The summed E-state index contributed by atoms with van der Waals surface area (Å²) in [4.78, 5) is 12.4. The Morgan fingerprint density at radius 1 is 1.25 bits per heavy atom. The Morgan fingerprint density at radius 2 is 1.90 bits per heavy atom. The molecule has 0 bridgehead atoms. The molecule has 2 aromatic carbocycles. The number of benzene rings is 2. The molecule has 0 saturated carbocycles. The van der Waals surface area contributed by atoms with Crippen LogP contribution in [0.1, 0.15) is 27.4 Å². The van der Waals surface area contributed by atoms with E-state index in [-0.39, 0.29) is 5.78 Å². The van der Waals surface area contributed by atoms with Gasteiger partial charge in [-0.3, -0.25) is 4.79 Å². The average Bonchev–Trinajstić information content (AvgIpc) is 2.44. The molecule has 100 valence electrons. The molecule has 0 aliphatic carbocycles. The Morgan fingerprint density at radius 3 is 2.45 bits per heavy atom. The highest BCUT2D eigenvalue weighted by molar-refractivity contribution is 14.1. The van der Waals surface area contributed by atoms with Crippen LogP contribution < -0.4 is 0 Å². The van der Waals surface area contributed by atoms with E-state index in [1.165, 1.54) is 0 Å². The average molecular weight is 396 g/mol. The molecule has 0 N–H and O–H groups in total. The molecular weight excluding hydrogens is 385 g/mol. The van der Waals surface area contributed by atoms with Gasteiger partial charge in [0.1, 0.15) is 5.92 Å². The Hall–Kier alpha value is -1.38. The highest BCUT2D eigenvalue weighted by atomic mass is 127. The van der Waals surface area contributed by atoms with Crippen LogP contribution in [0.3, 0.4) is 0 Å². The summed E-state index contributed by atoms with van der Waals surface area (Å²) in [6.45, 7) is 1.96. The maximum atomic E-state index is 12.4. The van der Waals surface area contributed by atoms with Crippen molar-refractivity contribution in [1.82, 2.24) is 0 Å². The maximum absolute atomic E-state index is 12.4. The van der Waals surface area contributed by atoms with Crippen LogP contribution in [0.4, 0.5) is 0 Å². The first-order valence-corrected chi connectivity index (χ1v) is 7.44. The zero-order chi connectivity index (χ0) is 14.7. The van der Waals surface area contributed by atoms with Crippen molar-refractivity contribution in [3.63, 3.8) is 0 Å². The molecule has 0 fully saturated rings. The molecule has 0 aromatic heterocycles. The van der Waals surface area contributed by atoms with Gasteiger partial charge in [0.15, 0.2) is 5.78 Å². The number of ketones is 1. The zero-order valence-corrected chi connectivity index (χ0v) is 13.6. The van der Waals surface area contributed by atoms with E-state index in [9.17, 15) is 10.1 Å². The van der Waals surface area contributed by atoms with Gasteiger partial charge in [-0.25, -0.2) is 0 Å². The normalized spacial score (nSPS) is 11.7. The van der Waals surface area contributed by atoms with Crippen molar-refractivity contribution in [2.75, 3.05) is 0 Å². The Kier molecular flexibility index (Phi) is 4.79. The van der Waals surface area contributed by atoms with Gasteiger partial charge in [0.05, 0.1) is 11.1 Å². The third kappa shape index (κ3) is 3.20. The lowest BCUT2D eigenvalue weighted by Gasteiger charge is -2.09. The fourth-order valence-corrected chi connectivity index (χ4v) is 2.38. The SMILES string of the molecule is Cc1ccc(C(C#N)C(=O)c2ccc(I)c(Cl)c2)cc1. The van der Waals surface area contributed by atoms with Crippen LogP contribution in [-0.4, -0.2) is 5.78 Å². The summed E-state index contributed by atoms with van der Waals surface area (Å²) in [6, 6.07) is 14.6. The predicted molar refractivity (Wildman–Crippen MR) is 88.0 cm³/mol. The number of aryl methyl sites for hydroxylation is 1. The number of hydrogen-bond donors (Lipinski definition) is 0. The van der Waals surface area contributed by atoms with Crippen LogP contribution in [0.5, 0.6) is 0 Å². The second kappa shape index (κ2) is 6.38.